The Kier molecular flexibility index (Phi) is 5.16. The van der Waals surface area contributed by atoms with Gasteiger partial charge in [-0.3, -0.25) is 4.79 Å². The summed E-state index contributed by atoms with van der Waals surface area (Å²) in [7, 11) is 0. The van der Waals surface area contributed by atoms with Crippen LogP contribution < -0.4 is 0 Å². The van der Waals surface area contributed by atoms with Crippen LogP contribution in [0.3, 0.4) is 0 Å². The van der Waals surface area contributed by atoms with Crippen LogP contribution in [0.25, 0.3) is 0 Å². The van der Waals surface area contributed by atoms with Crippen molar-refractivity contribution in [2.45, 2.75) is 39.7 Å². The van der Waals surface area contributed by atoms with Crippen molar-refractivity contribution in [3.63, 3.8) is 0 Å². The van der Waals surface area contributed by atoms with Crippen LogP contribution in [0.4, 0.5) is 0 Å². The lowest BCUT2D eigenvalue weighted by molar-refractivity contribution is 0.0588. The minimum Gasteiger partial charge on any atom is -0.385 e. The third kappa shape index (κ3) is 3.30. The number of Topliss-reactive ketones (excluding diaryl/α,β-unsaturated/α-hetero) is 1. The molecule has 2 nitrogen and oxygen atoms in total. The lowest BCUT2D eigenvalue weighted by Crippen LogP contribution is -2.29. The Morgan fingerprint density at radius 3 is 2.41 bits per heavy atom. The molecule has 0 spiro atoms. The van der Waals surface area contributed by atoms with E-state index in [1.807, 2.05) is 20.8 Å². The smallest absolute Gasteiger partial charge is 0.191 e. The summed E-state index contributed by atoms with van der Waals surface area (Å²) in [6.07, 6.45) is 0.662. The summed E-state index contributed by atoms with van der Waals surface area (Å²) < 4.78 is 0. The molecule has 0 radical (unpaired) electrons. The molecule has 0 aliphatic carbocycles. The number of rotatable bonds is 5. The van der Waals surface area contributed by atoms with Crippen molar-refractivity contribution in [2.75, 3.05) is 0 Å². The largest absolute Gasteiger partial charge is 0.385 e. The van der Waals surface area contributed by atoms with Crippen LogP contribution in [0.2, 0.25) is 5.02 Å². The molecule has 1 aromatic rings. The molecule has 1 rings (SSSR count). The molecule has 0 fully saturated rings. The van der Waals surface area contributed by atoms with E-state index in [4.69, 9.17) is 11.6 Å². The maximum atomic E-state index is 12.1. The Morgan fingerprint density at radius 1 is 1.35 bits per heavy atom. The number of ketones is 1. The number of aliphatic hydroxyl groups is 1. The lowest BCUT2D eigenvalue weighted by Gasteiger charge is -2.19. The van der Waals surface area contributed by atoms with E-state index < -0.39 is 6.10 Å². The highest BCUT2D eigenvalue weighted by atomic mass is 35.5. The number of benzene rings is 1. The van der Waals surface area contributed by atoms with E-state index in [0.29, 0.717) is 10.6 Å². The number of aliphatic hydroxyl groups excluding tert-OH is 1. The lowest BCUT2D eigenvalue weighted by atomic mass is 9.90. The predicted molar refractivity (Wildman–Crippen MR) is 70.6 cm³/mol. The van der Waals surface area contributed by atoms with Gasteiger partial charge in [-0.25, -0.2) is 0 Å². The van der Waals surface area contributed by atoms with Crippen molar-refractivity contribution in [3.05, 3.63) is 34.3 Å². The normalized spacial score (nSPS) is 12.8. The minimum absolute atomic E-state index is 0.0163. The second-order valence-corrected chi connectivity index (χ2v) is 4.76. The highest BCUT2D eigenvalue weighted by Gasteiger charge is 2.24. The SMILES string of the molecule is CCC(CC)C(O)C(=O)c1ccc(C)c(Cl)c1. The van der Waals surface area contributed by atoms with Gasteiger partial charge in [0.15, 0.2) is 5.78 Å². The maximum absolute atomic E-state index is 12.1. The second kappa shape index (κ2) is 6.18. The first-order valence-corrected chi connectivity index (χ1v) is 6.37. The van der Waals surface area contributed by atoms with E-state index in [1.54, 1.807) is 18.2 Å². The van der Waals surface area contributed by atoms with Crippen LogP contribution in [0.15, 0.2) is 18.2 Å². The van der Waals surface area contributed by atoms with Crippen LogP contribution >= 0.6 is 11.6 Å². The van der Waals surface area contributed by atoms with Crippen molar-refractivity contribution < 1.29 is 9.90 Å². The molecule has 0 bridgehead atoms. The van der Waals surface area contributed by atoms with Crippen LogP contribution in [-0.2, 0) is 0 Å². The van der Waals surface area contributed by atoms with Crippen LogP contribution in [0, 0.1) is 12.8 Å². The van der Waals surface area contributed by atoms with Gasteiger partial charge in [0.1, 0.15) is 6.10 Å². The van der Waals surface area contributed by atoms with Gasteiger partial charge < -0.3 is 5.11 Å². The number of aryl methyl sites for hydroxylation is 1. The van der Waals surface area contributed by atoms with E-state index in [2.05, 4.69) is 0 Å². The molecule has 17 heavy (non-hydrogen) atoms. The Labute approximate surface area is 108 Å². The van der Waals surface area contributed by atoms with Gasteiger partial charge in [-0.2, -0.15) is 0 Å². The highest BCUT2D eigenvalue weighted by molar-refractivity contribution is 6.31. The molecule has 1 N–H and O–H groups in total. The van der Waals surface area contributed by atoms with Crippen LogP contribution in [0.1, 0.15) is 42.6 Å². The molecule has 0 saturated heterocycles. The first kappa shape index (κ1) is 14.2. The van der Waals surface area contributed by atoms with Gasteiger partial charge in [-0.05, 0) is 24.5 Å². The fourth-order valence-electron chi connectivity index (χ4n) is 1.87. The van der Waals surface area contributed by atoms with Gasteiger partial charge in [-0.15, -0.1) is 0 Å². The number of halogens is 1. The number of hydrogen-bond donors (Lipinski definition) is 1. The first-order valence-electron chi connectivity index (χ1n) is 5.99. The van der Waals surface area contributed by atoms with Gasteiger partial charge in [0.25, 0.3) is 0 Å². The molecule has 0 heterocycles. The standard InChI is InChI=1S/C14H19ClO2/c1-4-10(5-2)13(16)14(17)11-7-6-9(3)12(15)8-11/h6-8,10,13,16H,4-5H2,1-3H3. The third-order valence-corrected chi connectivity index (χ3v) is 3.63. The summed E-state index contributed by atoms with van der Waals surface area (Å²) in [6, 6.07) is 5.15. The van der Waals surface area contributed by atoms with Gasteiger partial charge in [0.2, 0.25) is 0 Å². The summed E-state index contributed by atoms with van der Waals surface area (Å²) in [5.74, 6) is -0.219. The van der Waals surface area contributed by atoms with E-state index >= 15 is 0 Å². The zero-order valence-corrected chi connectivity index (χ0v) is 11.3. The van der Waals surface area contributed by atoms with E-state index in [1.165, 1.54) is 0 Å². The average Bonchev–Trinajstić information content (AvgIpc) is 2.33. The first-order chi connectivity index (χ1) is 8.01. The van der Waals surface area contributed by atoms with Gasteiger partial charge in [0.05, 0.1) is 0 Å². The van der Waals surface area contributed by atoms with Gasteiger partial charge in [0, 0.05) is 10.6 Å². The van der Waals surface area contributed by atoms with Gasteiger partial charge >= 0.3 is 0 Å². The molecule has 1 aromatic carbocycles. The summed E-state index contributed by atoms with van der Waals surface area (Å²) >= 11 is 5.98. The summed E-state index contributed by atoms with van der Waals surface area (Å²) in [5, 5.41) is 10.6. The summed E-state index contributed by atoms with van der Waals surface area (Å²) in [4.78, 5) is 12.1. The van der Waals surface area contributed by atoms with Crippen molar-refractivity contribution in [1.29, 1.82) is 0 Å². The molecule has 1 atom stereocenters. The summed E-state index contributed by atoms with van der Waals surface area (Å²) in [5.41, 5.74) is 1.42. The molecule has 0 saturated carbocycles. The molecule has 3 heteroatoms. The van der Waals surface area contributed by atoms with Crippen molar-refractivity contribution in [2.24, 2.45) is 5.92 Å². The fourth-order valence-corrected chi connectivity index (χ4v) is 2.05. The Morgan fingerprint density at radius 2 is 1.94 bits per heavy atom. The molecule has 94 valence electrons. The zero-order valence-electron chi connectivity index (χ0n) is 10.5. The van der Waals surface area contributed by atoms with Crippen molar-refractivity contribution >= 4 is 17.4 Å². The van der Waals surface area contributed by atoms with E-state index in [-0.39, 0.29) is 11.7 Å². The Balaban J connectivity index is 2.92. The fraction of sp³-hybridized carbons (Fsp3) is 0.500. The Hall–Kier alpha value is -0.860. The van der Waals surface area contributed by atoms with Crippen LogP contribution in [0.5, 0.6) is 0 Å². The van der Waals surface area contributed by atoms with Crippen molar-refractivity contribution in [3.8, 4) is 0 Å². The minimum atomic E-state index is -0.927. The molecule has 0 aliphatic heterocycles. The average molecular weight is 255 g/mol. The van der Waals surface area contributed by atoms with Gasteiger partial charge in [-0.1, -0.05) is 50.4 Å². The predicted octanol–water partition coefficient (Wildman–Crippen LogP) is 3.63. The highest BCUT2D eigenvalue weighted by Crippen LogP contribution is 2.21. The Bertz CT molecular complexity index is 397. The number of carbonyl (C=O) groups excluding carboxylic acids is 1. The summed E-state index contributed by atoms with van der Waals surface area (Å²) in [6.45, 7) is 5.84. The van der Waals surface area contributed by atoms with Crippen molar-refractivity contribution in [1.82, 2.24) is 0 Å². The molecule has 1 unspecified atom stereocenters. The second-order valence-electron chi connectivity index (χ2n) is 4.35. The molecule has 0 amide bonds. The zero-order chi connectivity index (χ0) is 13.0. The topological polar surface area (TPSA) is 37.3 Å². The van der Waals surface area contributed by atoms with Crippen LogP contribution in [-0.4, -0.2) is 17.0 Å². The number of hydrogen-bond acceptors (Lipinski definition) is 2. The maximum Gasteiger partial charge on any atom is 0.191 e. The molecule has 0 aromatic heterocycles. The molecule has 0 aliphatic rings. The monoisotopic (exact) mass is 254 g/mol. The molecular weight excluding hydrogens is 236 g/mol. The van der Waals surface area contributed by atoms with E-state index in [0.717, 1.165) is 18.4 Å². The third-order valence-electron chi connectivity index (χ3n) is 3.22. The molecular formula is C14H19ClO2. The number of carbonyl (C=O) groups is 1. The van der Waals surface area contributed by atoms with E-state index in [9.17, 15) is 9.90 Å². The quantitative estimate of drug-likeness (QED) is 0.815.